The molecule has 0 aliphatic heterocycles. The van der Waals surface area contributed by atoms with Gasteiger partial charge >= 0.3 is 0 Å². The van der Waals surface area contributed by atoms with Gasteiger partial charge in [-0.2, -0.15) is 0 Å². The Bertz CT molecular complexity index is 588. The van der Waals surface area contributed by atoms with Crippen molar-refractivity contribution in [1.29, 1.82) is 0 Å². The van der Waals surface area contributed by atoms with E-state index in [1.807, 2.05) is 13.8 Å². The van der Waals surface area contributed by atoms with Crippen LogP contribution in [0.1, 0.15) is 98.3 Å². The molecule has 0 heterocycles. The maximum absolute atomic E-state index is 10.1. The number of rotatable bonds is 5. The zero-order valence-corrected chi connectivity index (χ0v) is 18.8. The Morgan fingerprint density at radius 2 is 1.93 bits per heavy atom. The fraction of sp³-hybridized carbons (Fsp3) is 0.923. The van der Waals surface area contributed by atoms with Gasteiger partial charge in [-0.3, -0.25) is 0 Å². The van der Waals surface area contributed by atoms with Crippen molar-refractivity contribution in [3.8, 4) is 0 Å². The summed E-state index contributed by atoms with van der Waals surface area (Å²) in [5.74, 6) is 5.16. The maximum Gasteiger partial charge on any atom is 0.0591 e. The van der Waals surface area contributed by atoms with Crippen molar-refractivity contribution in [3.63, 3.8) is 0 Å². The highest BCUT2D eigenvalue weighted by Gasteiger charge is 2.56. The van der Waals surface area contributed by atoms with Gasteiger partial charge in [-0.05, 0) is 113 Å². The van der Waals surface area contributed by atoms with Crippen molar-refractivity contribution < 1.29 is 10.2 Å². The van der Waals surface area contributed by atoms with E-state index >= 15 is 0 Å². The van der Waals surface area contributed by atoms with Gasteiger partial charge in [0, 0.05) is 0 Å². The van der Waals surface area contributed by atoms with Gasteiger partial charge in [-0.25, -0.2) is 0 Å². The van der Waals surface area contributed by atoms with Crippen LogP contribution in [0.25, 0.3) is 0 Å². The first-order chi connectivity index (χ1) is 13.2. The number of allylic oxidation sites excluding steroid dienone is 1. The fourth-order valence-corrected chi connectivity index (χ4v) is 8.28. The van der Waals surface area contributed by atoms with E-state index in [4.69, 9.17) is 0 Å². The predicted octanol–water partition coefficient (Wildman–Crippen LogP) is 6.11. The Balaban J connectivity index is 1.43. The summed E-state index contributed by atoms with van der Waals surface area (Å²) >= 11 is 0. The summed E-state index contributed by atoms with van der Waals surface area (Å²) < 4.78 is 0. The molecule has 2 N–H and O–H groups in total. The molecule has 2 heteroatoms. The Hall–Kier alpha value is -0.340. The van der Waals surface area contributed by atoms with Crippen LogP contribution < -0.4 is 0 Å². The van der Waals surface area contributed by atoms with E-state index in [0.717, 1.165) is 61.2 Å². The first-order valence-electron chi connectivity index (χ1n) is 12.3. The molecule has 4 aliphatic rings. The van der Waals surface area contributed by atoms with Crippen molar-refractivity contribution in [3.05, 3.63) is 11.6 Å². The zero-order chi connectivity index (χ0) is 20.1. The minimum atomic E-state index is -0.514. The van der Waals surface area contributed by atoms with Crippen molar-refractivity contribution in [1.82, 2.24) is 0 Å². The third-order valence-electron chi connectivity index (χ3n) is 9.63. The number of aliphatic hydroxyl groups excluding tert-OH is 1. The molecule has 0 aromatic rings. The number of fused-ring (bicyclic) bond motifs is 5. The van der Waals surface area contributed by atoms with Crippen LogP contribution in [0, 0.1) is 40.9 Å². The Morgan fingerprint density at radius 1 is 1.14 bits per heavy atom. The van der Waals surface area contributed by atoms with Crippen LogP contribution in [0.15, 0.2) is 11.6 Å². The second kappa shape index (κ2) is 7.73. The molecule has 0 bridgehead atoms. The lowest BCUT2D eigenvalue weighted by Crippen LogP contribution is -2.47. The number of hydrogen-bond acceptors (Lipinski definition) is 2. The molecule has 7 unspecified atom stereocenters. The van der Waals surface area contributed by atoms with Crippen LogP contribution in [0.5, 0.6) is 0 Å². The second-order valence-corrected chi connectivity index (χ2v) is 11.9. The van der Waals surface area contributed by atoms with Crippen LogP contribution in [0.2, 0.25) is 0 Å². The van der Waals surface area contributed by atoms with Gasteiger partial charge < -0.3 is 10.2 Å². The molecule has 0 aromatic carbocycles. The summed E-state index contributed by atoms with van der Waals surface area (Å²) in [6, 6.07) is 0. The van der Waals surface area contributed by atoms with Crippen molar-refractivity contribution >= 4 is 0 Å². The number of hydrogen-bond donors (Lipinski definition) is 2. The lowest BCUT2D eigenvalue weighted by molar-refractivity contribution is -0.0300. The molecule has 28 heavy (non-hydrogen) atoms. The summed E-state index contributed by atoms with van der Waals surface area (Å²) in [5.41, 5.74) is 1.63. The molecule has 8 atom stereocenters. The van der Waals surface area contributed by atoms with Crippen molar-refractivity contribution in [2.45, 2.75) is 110 Å². The lowest BCUT2D eigenvalue weighted by Gasteiger charge is -2.54. The minimum Gasteiger partial charge on any atom is -0.393 e. The van der Waals surface area contributed by atoms with Crippen LogP contribution >= 0.6 is 0 Å². The van der Waals surface area contributed by atoms with Gasteiger partial charge in [0.25, 0.3) is 0 Å². The van der Waals surface area contributed by atoms with Crippen molar-refractivity contribution in [2.24, 2.45) is 40.9 Å². The summed E-state index contributed by atoms with van der Waals surface area (Å²) in [6.45, 7) is 9.03. The first-order valence-corrected chi connectivity index (χ1v) is 12.3. The molecule has 3 fully saturated rings. The van der Waals surface area contributed by atoms with Gasteiger partial charge in [0.15, 0.2) is 0 Å². The molecular formula is C26H44O2. The molecule has 0 saturated heterocycles. The van der Waals surface area contributed by atoms with E-state index in [1.54, 1.807) is 5.57 Å². The van der Waals surface area contributed by atoms with Crippen LogP contribution in [-0.4, -0.2) is 21.9 Å². The van der Waals surface area contributed by atoms with E-state index in [2.05, 4.69) is 19.9 Å². The molecular weight excluding hydrogens is 344 g/mol. The molecule has 4 rings (SSSR count). The summed E-state index contributed by atoms with van der Waals surface area (Å²) in [6.07, 6.45) is 16.0. The Morgan fingerprint density at radius 3 is 2.68 bits per heavy atom. The highest BCUT2D eigenvalue weighted by Crippen LogP contribution is 2.64. The topological polar surface area (TPSA) is 40.5 Å². The maximum atomic E-state index is 10.1. The van der Waals surface area contributed by atoms with Gasteiger partial charge in [-0.15, -0.1) is 0 Å². The van der Waals surface area contributed by atoms with Crippen molar-refractivity contribution in [2.75, 3.05) is 0 Å². The van der Waals surface area contributed by atoms with Gasteiger partial charge in [0.05, 0.1) is 11.7 Å². The molecule has 2 nitrogen and oxygen atoms in total. The molecule has 160 valence electrons. The van der Waals surface area contributed by atoms with E-state index < -0.39 is 5.60 Å². The van der Waals surface area contributed by atoms with E-state index in [-0.39, 0.29) is 6.10 Å². The molecule has 0 amide bonds. The SMILES string of the molecule is C[C@H](CCCC(C)(C)O)C1CCC2C3CC=C4CC(O)CCC4C3CCC21C. The Labute approximate surface area is 173 Å². The summed E-state index contributed by atoms with van der Waals surface area (Å²) in [5, 5.41) is 20.1. The average molecular weight is 389 g/mol. The fourth-order valence-electron chi connectivity index (χ4n) is 8.28. The van der Waals surface area contributed by atoms with Crippen LogP contribution in [-0.2, 0) is 0 Å². The predicted molar refractivity (Wildman–Crippen MR) is 116 cm³/mol. The first kappa shape index (κ1) is 20.9. The monoisotopic (exact) mass is 388 g/mol. The standard InChI is InChI=1S/C26H44O2/c1-17(6-5-14-25(2,3)28)23-11-12-24-22-9-7-18-16-19(27)8-10-20(18)21(22)13-15-26(23,24)4/h7,17,19-24,27-28H,5-6,8-16H2,1-4H3/t17-,19?,20?,21?,22?,23?,24?,26?/m1/s1. The summed E-state index contributed by atoms with van der Waals surface area (Å²) in [4.78, 5) is 0. The number of aliphatic hydroxyl groups is 2. The van der Waals surface area contributed by atoms with E-state index in [1.165, 1.54) is 44.9 Å². The molecule has 4 aliphatic carbocycles. The van der Waals surface area contributed by atoms with E-state index in [9.17, 15) is 10.2 Å². The smallest absolute Gasteiger partial charge is 0.0591 e. The normalized spacial score (nSPS) is 44.3. The molecule has 0 spiro atoms. The van der Waals surface area contributed by atoms with Gasteiger partial charge in [-0.1, -0.05) is 38.3 Å². The average Bonchev–Trinajstić information content (AvgIpc) is 2.97. The zero-order valence-electron chi connectivity index (χ0n) is 18.8. The largest absolute Gasteiger partial charge is 0.393 e. The van der Waals surface area contributed by atoms with Crippen LogP contribution in [0.3, 0.4) is 0 Å². The Kier molecular flexibility index (Phi) is 5.77. The van der Waals surface area contributed by atoms with Gasteiger partial charge in [0.1, 0.15) is 0 Å². The molecule has 0 aromatic heterocycles. The third-order valence-corrected chi connectivity index (χ3v) is 9.63. The highest BCUT2D eigenvalue weighted by molar-refractivity contribution is 5.20. The van der Waals surface area contributed by atoms with Gasteiger partial charge in [0.2, 0.25) is 0 Å². The lowest BCUT2D eigenvalue weighted by atomic mass is 9.51. The quantitative estimate of drug-likeness (QED) is 0.558. The molecule has 0 radical (unpaired) electrons. The third kappa shape index (κ3) is 3.85. The van der Waals surface area contributed by atoms with Crippen LogP contribution in [0.4, 0.5) is 0 Å². The second-order valence-electron chi connectivity index (χ2n) is 11.9. The minimum absolute atomic E-state index is 0.0754. The molecule has 3 saturated carbocycles. The highest BCUT2D eigenvalue weighted by atomic mass is 16.3. The van der Waals surface area contributed by atoms with E-state index in [0.29, 0.717) is 5.41 Å². The summed E-state index contributed by atoms with van der Waals surface area (Å²) in [7, 11) is 0.